The van der Waals surface area contributed by atoms with Crippen LogP contribution < -0.4 is 5.73 Å². The van der Waals surface area contributed by atoms with Crippen LogP contribution >= 0.6 is 11.3 Å². The molecule has 5 nitrogen and oxygen atoms in total. The predicted octanol–water partition coefficient (Wildman–Crippen LogP) is 1.74. The monoisotopic (exact) mass is 278 g/mol. The molecule has 2 aromatic heterocycles. The van der Waals surface area contributed by atoms with Crippen LogP contribution in [0.5, 0.6) is 0 Å². The number of hydrogen-bond donors (Lipinski definition) is 1. The summed E-state index contributed by atoms with van der Waals surface area (Å²) in [5, 5.41) is 2.97. The Balaban J connectivity index is 1.71. The number of fused-ring (bicyclic) bond motifs is 1. The first-order valence-electron chi connectivity index (χ1n) is 6.47. The van der Waals surface area contributed by atoms with Gasteiger partial charge in [-0.2, -0.15) is 0 Å². The van der Waals surface area contributed by atoms with Gasteiger partial charge in [0.25, 0.3) is 0 Å². The van der Waals surface area contributed by atoms with Gasteiger partial charge in [0, 0.05) is 13.7 Å². The van der Waals surface area contributed by atoms with Gasteiger partial charge in [-0.15, -0.1) is 11.3 Å². The zero-order valence-electron chi connectivity index (χ0n) is 11.0. The summed E-state index contributed by atoms with van der Waals surface area (Å²) < 4.78 is 5.21. The first-order chi connectivity index (χ1) is 9.26. The number of ether oxygens (including phenoxy) is 1. The van der Waals surface area contributed by atoms with E-state index in [4.69, 9.17) is 10.5 Å². The Labute approximate surface area is 116 Å². The van der Waals surface area contributed by atoms with Crippen LogP contribution in [0, 0.1) is 5.92 Å². The van der Waals surface area contributed by atoms with Crippen molar-refractivity contribution in [2.75, 3.05) is 32.5 Å². The summed E-state index contributed by atoms with van der Waals surface area (Å²) in [5.41, 5.74) is 5.97. The van der Waals surface area contributed by atoms with Gasteiger partial charge in [0.15, 0.2) is 0 Å². The van der Waals surface area contributed by atoms with E-state index in [9.17, 15) is 0 Å². The molecular weight excluding hydrogens is 260 g/mol. The molecule has 2 N–H and O–H groups in total. The number of hydrogen-bond acceptors (Lipinski definition) is 6. The van der Waals surface area contributed by atoms with Crippen LogP contribution in [0.4, 0.5) is 5.82 Å². The molecule has 19 heavy (non-hydrogen) atoms. The maximum atomic E-state index is 5.97. The van der Waals surface area contributed by atoms with Crippen molar-refractivity contribution < 1.29 is 4.74 Å². The minimum absolute atomic E-state index is 0.592. The molecule has 1 unspecified atom stereocenters. The van der Waals surface area contributed by atoms with Gasteiger partial charge >= 0.3 is 0 Å². The summed E-state index contributed by atoms with van der Waals surface area (Å²) in [6, 6.07) is 1.98. The zero-order valence-corrected chi connectivity index (χ0v) is 11.8. The molecule has 102 valence electrons. The second-order valence-electron chi connectivity index (χ2n) is 5.01. The first kappa shape index (κ1) is 12.8. The van der Waals surface area contributed by atoms with Crippen molar-refractivity contribution in [2.24, 2.45) is 5.92 Å². The van der Waals surface area contributed by atoms with Gasteiger partial charge in [0.1, 0.15) is 16.5 Å². The quantitative estimate of drug-likeness (QED) is 0.923. The Morgan fingerprint density at radius 1 is 1.53 bits per heavy atom. The standard InChI is InChI=1S/C13H18N4OS/c1-18-8-9-2-4-17(6-9)7-11-15-12(14)10-3-5-19-13(10)16-11/h3,5,9H,2,4,6-8H2,1H3,(H2,14,15,16). The number of thiophene rings is 1. The number of rotatable bonds is 4. The highest BCUT2D eigenvalue weighted by molar-refractivity contribution is 7.16. The molecule has 0 aliphatic carbocycles. The lowest BCUT2D eigenvalue weighted by atomic mass is 10.1. The van der Waals surface area contributed by atoms with Crippen LogP contribution in [0.25, 0.3) is 10.2 Å². The Bertz CT molecular complexity index is 571. The van der Waals surface area contributed by atoms with Crippen molar-refractivity contribution in [2.45, 2.75) is 13.0 Å². The van der Waals surface area contributed by atoms with Crippen LogP contribution in [0.3, 0.4) is 0 Å². The predicted molar refractivity (Wildman–Crippen MR) is 77.1 cm³/mol. The average molecular weight is 278 g/mol. The van der Waals surface area contributed by atoms with Crippen molar-refractivity contribution in [1.29, 1.82) is 0 Å². The minimum atomic E-state index is 0.592. The Morgan fingerprint density at radius 3 is 3.26 bits per heavy atom. The van der Waals surface area contributed by atoms with E-state index in [1.165, 1.54) is 6.42 Å². The molecule has 0 aromatic carbocycles. The van der Waals surface area contributed by atoms with E-state index in [1.54, 1.807) is 18.4 Å². The molecule has 0 amide bonds. The Hall–Kier alpha value is -1.24. The summed E-state index contributed by atoms with van der Waals surface area (Å²) in [6.45, 7) is 3.75. The number of nitrogens with zero attached hydrogens (tertiary/aromatic N) is 3. The Morgan fingerprint density at radius 2 is 2.42 bits per heavy atom. The van der Waals surface area contributed by atoms with Crippen LogP contribution in [0.1, 0.15) is 12.2 Å². The SMILES string of the molecule is COCC1CCN(Cc2nc(N)c3ccsc3n2)C1. The highest BCUT2D eigenvalue weighted by Gasteiger charge is 2.23. The van der Waals surface area contributed by atoms with Gasteiger partial charge < -0.3 is 10.5 Å². The third kappa shape index (κ3) is 2.70. The molecule has 0 radical (unpaired) electrons. The van der Waals surface area contributed by atoms with Gasteiger partial charge in [-0.25, -0.2) is 9.97 Å². The summed E-state index contributed by atoms with van der Waals surface area (Å²) in [4.78, 5) is 12.3. The van der Waals surface area contributed by atoms with E-state index in [0.717, 1.165) is 42.3 Å². The molecule has 3 rings (SSSR count). The number of likely N-dealkylation sites (tertiary alicyclic amines) is 1. The summed E-state index contributed by atoms with van der Waals surface area (Å²) in [6.07, 6.45) is 1.19. The van der Waals surface area contributed by atoms with Gasteiger partial charge in [-0.3, -0.25) is 4.90 Å². The number of aromatic nitrogens is 2. The summed E-state index contributed by atoms with van der Waals surface area (Å²) in [7, 11) is 1.76. The van der Waals surface area contributed by atoms with Crippen molar-refractivity contribution in [1.82, 2.24) is 14.9 Å². The zero-order chi connectivity index (χ0) is 13.2. The van der Waals surface area contributed by atoms with E-state index in [-0.39, 0.29) is 0 Å². The van der Waals surface area contributed by atoms with E-state index < -0.39 is 0 Å². The molecule has 1 saturated heterocycles. The second-order valence-corrected chi connectivity index (χ2v) is 5.90. The lowest BCUT2D eigenvalue weighted by Gasteiger charge is -2.15. The average Bonchev–Trinajstić information content (AvgIpc) is 2.99. The second kappa shape index (κ2) is 5.40. The van der Waals surface area contributed by atoms with Crippen molar-refractivity contribution in [3.63, 3.8) is 0 Å². The fourth-order valence-electron chi connectivity index (χ4n) is 2.62. The molecule has 0 bridgehead atoms. The van der Waals surface area contributed by atoms with E-state index in [2.05, 4.69) is 14.9 Å². The molecule has 0 saturated carbocycles. The smallest absolute Gasteiger partial charge is 0.146 e. The Kier molecular flexibility index (Phi) is 3.63. The van der Waals surface area contributed by atoms with E-state index in [0.29, 0.717) is 11.7 Å². The molecule has 3 heterocycles. The molecule has 1 aliphatic heterocycles. The molecule has 2 aromatic rings. The van der Waals surface area contributed by atoms with Gasteiger partial charge in [-0.05, 0) is 30.3 Å². The first-order valence-corrected chi connectivity index (χ1v) is 7.35. The molecule has 6 heteroatoms. The van der Waals surface area contributed by atoms with E-state index in [1.807, 2.05) is 11.4 Å². The lowest BCUT2D eigenvalue weighted by molar-refractivity contribution is 0.152. The van der Waals surface area contributed by atoms with E-state index >= 15 is 0 Å². The van der Waals surface area contributed by atoms with Crippen molar-refractivity contribution >= 4 is 27.4 Å². The maximum Gasteiger partial charge on any atom is 0.146 e. The number of nitrogens with two attached hydrogens (primary N) is 1. The molecule has 1 fully saturated rings. The lowest BCUT2D eigenvalue weighted by Crippen LogP contribution is -2.22. The highest BCUT2D eigenvalue weighted by Crippen LogP contribution is 2.24. The topological polar surface area (TPSA) is 64.3 Å². The summed E-state index contributed by atoms with van der Waals surface area (Å²) >= 11 is 1.61. The van der Waals surface area contributed by atoms with Crippen LogP contribution in [0.2, 0.25) is 0 Å². The number of nitrogen functional groups attached to an aromatic ring is 1. The third-order valence-corrected chi connectivity index (χ3v) is 4.34. The number of anilines is 1. The van der Waals surface area contributed by atoms with Crippen LogP contribution in [-0.2, 0) is 11.3 Å². The minimum Gasteiger partial charge on any atom is -0.384 e. The molecular formula is C13H18N4OS. The fraction of sp³-hybridized carbons (Fsp3) is 0.538. The van der Waals surface area contributed by atoms with Crippen LogP contribution in [-0.4, -0.2) is 41.7 Å². The van der Waals surface area contributed by atoms with Crippen molar-refractivity contribution in [3.8, 4) is 0 Å². The van der Waals surface area contributed by atoms with Crippen LogP contribution in [0.15, 0.2) is 11.4 Å². The normalized spacial score (nSPS) is 20.4. The van der Waals surface area contributed by atoms with Crippen molar-refractivity contribution in [3.05, 3.63) is 17.3 Å². The molecule has 1 aliphatic rings. The highest BCUT2D eigenvalue weighted by atomic mass is 32.1. The maximum absolute atomic E-state index is 5.97. The third-order valence-electron chi connectivity index (χ3n) is 3.54. The largest absolute Gasteiger partial charge is 0.384 e. The molecule has 1 atom stereocenters. The summed E-state index contributed by atoms with van der Waals surface area (Å²) in [5.74, 6) is 2.05. The fourth-order valence-corrected chi connectivity index (χ4v) is 3.41. The van der Waals surface area contributed by atoms with Gasteiger partial charge in [0.05, 0.1) is 18.5 Å². The number of methoxy groups -OCH3 is 1. The van der Waals surface area contributed by atoms with Gasteiger partial charge in [0.2, 0.25) is 0 Å². The molecule has 0 spiro atoms. The van der Waals surface area contributed by atoms with Gasteiger partial charge in [-0.1, -0.05) is 0 Å².